The molecule has 0 saturated heterocycles. The lowest BCUT2D eigenvalue weighted by Crippen LogP contribution is -2.22. The fourth-order valence-electron chi connectivity index (χ4n) is 0.404. The Bertz CT molecular complexity index is 25.3. The Kier molecular flexibility index (Phi) is 5.85. The average molecular weight is 101 g/mol. The van der Waals surface area contributed by atoms with E-state index in [0.29, 0.717) is 0 Å². The van der Waals surface area contributed by atoms with Gasteiger partial charge in [0.2, 0.25) is 0 Å². The molecule has 2 heteroatoms. The van der Waals surface area contributed by atoms with Gasteiger partial charge in [-0.15, -0.1) is 0 Å². The predicted molar refractivity (Wildman–Crippen MR) is 31.4 cm³/mol. The second-order valence-corrected chi connectivity index (χ2v) is 1.51. The van der Waals surface area contributed by atoms with E-state index < -0.39 is 0 Å². The van der Waals surface area contributed by atoms with Gasteiger partial charge in [-0.2, -0.15) is 0 Å². The third-order valence-corrected chi connectivity index (χ3v) is 0.821. The number of nitrogens with two attached hydrogens (primary N) is 1. The Morgan fingerprint density at radius 3 is 2.57 bits per heavy atom. The Morgan fingerprint density at radius 1 is 1.43 bits per heavy atom. The van der Waals surface area contributed by atoms with Crippen LogP contribution in [0.25, 0.3) is 0 Å². The molecule has 0 unspecified atom stereocenters. The lowest BCUT2D eigenvalue weighted by Gasteiger charge is -1.93. The highest BCUT2D eigenvalue weighted by Crippen LogP contribution is 1.88. The lowest BCUT2D eigenvalue weighted by molar-refractivity contribution is 0.650. The molecule has 43 valence electrons. The fraction of sp³-hybridized carbons (Fsp3) is 0.800. The van der Waals surface area contributed by atoms with Crippen molar-refractivity contribution in [1.82, 2.24) is 5.43 Å². The minimum atomic E-state index is 0.912. The molecule has 0 aliphatic rings. The summed E-state index contributed by atoms with van der Waals surface area (Å²) in [4.78, 5) is 0. The molecule has 1 radical (unpaired) electrons. The Hall–Kier alpha value is -0.0800. The van der Waals surface area contributed by atoms with Crippen LogP contribution in [0.5, 0.6) is 0 Å². The molecule has 0 aromatic carbocycles. The van der Waals surface area contributed by atoms with Gasteiger partial charge in [-0.25, -0.2) is 0 Å². The summed E-state index contributed by atoms with van der Waals surface area (Å²) in [6.45, 7) is 4.60. The summed E-state index contributed by atoms with van der Waals surface area (Å²) in [5.41, 5.74) is 2.57. The number of unbranched alkanes of at least 4 members (excludes halogenated alkanes) is 2. The van der Waals surface area contributed by atoms with Crippen LogP contribution in [-0.4, -0.2) is 6.54 Å². The summed E-state index contributed by atoms with van der Waals surface area (Å²) in [7, 11) is 0. The molecule has 0 rings (SSSR count). The standard InChI is InChI=1S/C5H13N2/c1-2-3-4-5-7-6/h7H,1-6H2. The highest BCUT2D eigenvalue weighted by atomic mass is 15.2. The van der Waals surface area contributed by atoms with E-state index in [-0.39, 0.29) is 0 Å². The predicted octanol–water partition coefficient (Wildman–Crippen LogP) is 0.454. The van der Waals surface area contributed by atoms with Gasteiger partial charge < -0.3 is 0 Å². The first-order valence-corrected chi connectivity index (χ1v) is 2.64. The number of rotatable bonds is 4. The second-order valence-electron chi connectivity index (χ2n) is 1.51. The molecule has 0 heterocycles. The van der Waals surface area contributed by atoms with Gasteiger partial charge in [0.05, 0.1) is 0 Å². The van der Waals surface area contributed by atoms with Crippen molar-refractivity contribution >= 4 is 0 Å². The SMILES string of the molecule is [CH2]CCCCNN. The Morgan fingerprint density at radius 2 is 2.14 bits per heavy atom. The zero-order valence-corrected chi connectivity index (χ0v) is 4.61. The molecule has 0 amide bonds. The maximum absolute atomic E-state index is 5.00. The van der Waals surface area contributed by atoms with E-state index in [1.165, 1.54) is 6.42 Å². The summed E-state index contributed by atoms with van der Waals surface area (Å²) in [6, 6.07) is 0. The molecule has 3 N–H and O–H groups in total. The van der Waals surface area contributed by atoms with Gasteiger partial charge in [-0.3, -0.25) is 11.3 Å². The average Bonchev–Trinajstić information content (AvgIpc) is 1.69. The first-order valence-electron chi connectivity index (χ1n) is 2.64. The van der Waals surface area contributed by atoms with Crippen LogP contribution >= 0.6 is 0 Å². The van der Waals surface area contributed by atoms with Crippen molar-refractivity contribution in [3.05, 3.63) is 6.92 Å². The van der Waals surface area contributed by atoms with E-state index in [1.54, 1.807) is 0 Å². The first kappa shape index (κ1) is 6.92. The van der Waals surface area contributed by atoms with Gasteiger partial charge in [-0.1, -0.05) is 19.8 Å². The van der Waals surface area contributed by atoms with E-state index in [1.807, 2.05) is 0 Å². The van der Waals surface area contributed by atoms with Gasteiger partial charge in [0.1, 0.15) is 0 Å². The molecule has 0 spiro atoms. The van der Waals surface area contributed by atoms with E-state index in [9.17, 15) is 0 Å². The molecule has 0 aromatic rings. The van der Waals surface area contributed by atoms with Crippen LogP contribution in [-0.2, 0) is 0 Å². The summed E-state index contributed by atoms with van der Waals surface area (Å²) in [6.07, 6.45) is 3.33. The van der Waals surface area contributed by atoms with E-state index in [0.717, 1.165) is 19.4 Å². The van der Waals surface area contributed by atoms with Gasteiger partial charge in [0.25, 0.3) is 0 Å². The van der Waals surface area contributed by atoms with Crippen molar-refractivity contribution in [3.8, 4) is 0 Å². The highest BCUT2D eigenvalue weighted by molar-refractivity contribution is 4.42. The Labute approximate surface area is 45.1 Å². The molecule has 0 aliphatic heterocycles. The highest BCUT2D eigenvalue weighted by Gasteiger charge is 1.79. The number of hydrogen-bond donors (Lipinski definition) is 2. The van der Waals surface area contributed by atoms with Crippen molar-refractivity contribution in [2.45, 2.75) is 19.3 Å². The molecule has 0 aromatic heterocycles. The summed E-state index contributed by atoms with van der Waals surface area (Å²) in [5.74, 6) is 5.00. The maximum atomic E-state index is 5.00. The van der Waals surface area contributed by atoms with E-state index >= 15 is 0 Å². The first-order chi connectivity index (χ1) is 3.41. The van der Waals surface area contributed by atoms with Crippen LogP contribution in [0.15, 0.2) is 0 Å². The molecule has 2 nitrogen and oxygen atoms in total. The number of hydrazine groups is 1. The molecule has 0 fully saturated rings. The quantitative estimate of drug-likeness (QED) is 0.306. The van der Waals surface area contributed by atoms with Crippen molar-refractivity contribution < 1.29 is 0 Å². The summed E-state index contributed by atoms with van der Waals surface area (Å²) < 4.78 is 0. The van der Waals surface area contributed by atoms with Crippen molar-refractivity contribution in [2.24, 2.45) is 5.84 Å². The topological polar surface area (TPSA) is 38.0 Å². The van der Waals surface area contributed by atoms with Crippen LogP contribution < -0.4 is 11.3 Å². The van der Waals surface area contributed by atoms with Crippen LogP contribution in [0.2, 0.25) is 0 Å². The maximum Gasteiger partial charge on any atom is 0.00974 e. The zero-order chi connectivity index (χ0) is 5.54. The van der Waals surface area contributed by atoms with Gasteiger partial charge in [-0.05, 0) is 6.42 Å². The third-order valence-electron chi connectivity index (χ3n) is 0.821. The van der Waals surface area contributed by atoms with Crippen molar-refractivity contribution in [2.75, 3.05) is 6.54 Å². The van der Waals surface area contributed by atoms with Gasteiger partial charge in [0.15, 0.2) is 0 Å². The molecule has 0 bridgehead atoms. The van der Waals surface area contributed by atoms with Crippen LogP contribution in [0.1, 0.15) is 19.3 Å². The minimum Gasteiger partial charge on any atom is -0.271 e. The Balaban J connectivity index is 2.45. The van der Waals surface area contributed by atoms with Crippen LogP contribution in [0.4, 0.5) is 0 Å². The molecule has 0 saturated carbocycles. The fourth-order valence-corrected chi connectivity index (χ4v) is 0.404. The lowest BCUT2D eigenvalue weighted by atomic mass is 10.3. The van der Waals surface area contributed by atoms with E-state index in [2.05, 4.69) is 12.3 Å². The summed E-state index contributed by atoms with van der Waals surface area (Å²) in [5, 5.41) is 0. The van der Waals surface area contributed by atoms with Crippen LogP contribution in [0.3, 0.4) is 0 Å². The second kappa shape index (κ2) is 5.92. The smallest absolute Gasteiger partial charge is 0.00974 e. The largest absolute Gasteiger partial charge is 0.271 e. The molecular formula is C5H13N2. The normalized spacial score (nSPS) is 9.43. The third kappa shape index (κ3) is 5.92. The van der Waals surface area contributed by atoms with Crippen molar-refractivity contribution in [3.63, 3.8) is 0 Å². The number of hydrogen-bond acceptors (Lipinski definition) is 2. The molecule has 0 atom stereocenters. The minimum absolute atomic E-state index is 0.912. The summed E-state index contributed by atoms with van der Waals surface area (Å²) >= 11 is 0. The van der Waals surface area contributed by atoms with Crippen molar-refractivity contribution in [1.29, 1.82) is 0 Å². The molecular weight excluding hydrogens is 88.1 g/mol. The zero-order valence-electron chi connectivity index (χ0n) is 4.61. The van der Waals surface area contributed by atoms with Gasteiger partial charge in [0, 0.05) is 6.54 Å². The molecule has 7 heavy (non-hydrogen) atoms. The van der Waals surface area contributed by atoms with Crippen LogP contribution in [0, 0.1) is 6.92 Å². The molecule has 0 aliphatic carbocycles. The monoisotopic (exact) mass is 101 g/mol. The van der Waals surface area contributed by atoms with Gasteiger partial charge >= 0.3 is 0 Å². The van der Waals surface area contributed by atoms with E-state index in [4.69, 9.17) is 5.84 Å². The number of nitrogens with one attached hydrogen (secondary N) is 1.